The summed E-state index contributed by atoms with van der Waals surface area (Å²) in [4.78, 5) is 27.7. The van der Waals surface area contributed by atoms with Crippen LogP contribution in [-0.4, -0.2) is 51.6 Å². The average Bonchev–Trinajstić information content (AvgIpc) is 3.21. The Labute approximate surface area is 192 Å². The summed E-state index contributed by atoms with van der Waals surface area (Å²) in [6.45, 7) is 2.22. The molecule has 0 radical (unpaired) electrons. The van der Waals surface area contributed by atoms with E-state index in [0.717, 1.165) is 56.0 Å². The van der Waals surface area contributed by atoms with Crippen LogP contribution in [0.4, 0.5) is 0 Å². The lowest BCUT2D eigenvalue weighted by atomic mass is 9.76. The largest absolute Gasteiger partial charge is 0.377 e. The molecule has 2 aromatic heterocycles. The fourth-order valence-corrected chi connectivity index (χ4v) is 5.01. The van der Waals surface area contributed by atoms with E-state index < -0.39 is 0 Å². The van der Waals surface area contributed by atoms with E-state index in [1.165, 1.54) is 11.9 Å². The van der Waals surface area contributed by atoms with Gasteiger partial charge in [0.05, 0.1) is 18.4 Å². The van der Waals surface area contributed by atoms with Crippen molar-refractivity contribution in [3.63, 3.8) is 0 Å². The van der Waals surface area contributed by atoms with Crippen molar-refractivity contribution < 1.29 is 9.53 Å². The third kappa shape index (κ3) is 4.52. The molecule has 1 atom stereocenters. The van der Waals surface area contributed by atoms with Gasteiger partial charge in [0.2, 0.25) is 0 Å². The lowest BCUT2D eigenvalue weighted by Crippen LogP contribution is -2.43. The summed E-state index contributed by atoms with van der Waals surface area (Å²) in [6, 6.07) is 13.5. The Balaban J connectivity index is 1.20. The third-order valence-corrected chi connectivity index (χ3v) is 6.81. The van der Waals surface area contributed by atoms with E-state index >= 15 is 0 Å². The molecule has 32 heavy (non-hydrogen) atoms. The minimum Gasteiger partial charge on any atom is -0.377 e. The Morgan fingerprint density at radius 3 is 2.69 bits per heavy atom. The van der Waals surface area contributed by atoms with Crippen LogP contribution in [0.3, 0.4) is 0 Å². The normalized spacial score (nSPS) is 19.9. The summed E-state index contributed by atoms with van der Waals surface area (Å²) < 4.78 is 6.16. The van der Waals surface area contributed by atoms with Gasteiger partial charge >= 0.3 is 0 Å². The molecule has 7 heteroatoms. The van der Waals surface area contributed by atoms with Crippen LogP contribution in [0.5, 0.6) is 0 Å². The Hall–Kier alpha value is -2.83. The van der Waals surface area contributed by atoms with E-state index in [2.05, 4.69) is 21.0 Å². The van der Waals surface area contributed by atoms with Gasteiger partial charge in [0.25, 0.3) is 5.91 Å². The molecule has 0 unspecified atom stereocenters. The third-order valence-electron chi connectivity index (χ3n) is 6.57. The molecule has 0 bridgehead atoms. The number of likely N-dealkylation sites (tertiary alicyclic amines) is 1. The maximum Gasteiger partial charge on any atom is 0.272 e. The molecule has 3 aromatic rings. The molecule has 0 N–H and O–H groups in total. The molecule has 5 rings (SSSR count). The van der Waals surface area contributed by atoms with Gasteiger partial charge in [0.15, 0.2) is 0 Å². The fraction of sp³-hybridized carbons (Fsp3) is 0.360. The van der Waals surface area contributed by atoms with Crippen LogP contribution in [-0.2, 0) is 11.2 Å². The number of carbonyl (C=O) groups is 1. The van der Waals surface area contributed by atoms with Crippen LogP contribution in [0, 0.1) is 5.41 Å². The molecule has 2 aliphatic heterocycles. The molecule has 2 aliphatic rings. The fourth-order valence-electron chi connectivity index (χ4n) is 4.79. The van der Waals surface area contributed by atoms with Crippen LogP contribution >= 0.6 is 11.6 Å². The van der Waals surface area contributed by atoms with Gasteiger partial charge < -0.3 is 9.64 Å². The second-order valence-electron chi connectivity index (χ2n) is 8.80. The van der Waals surface area contributed by atoms with Gasteiger partial charge in [-0.2, -0.15) is 0 Å². The Morgan fingerprint density at radius 1 is 1.12 bits per heavy atom. The topological polar surface area (TPSA) is 68.2 Å². The molecule has 2 fully saturated rings. The molecule has 164 valence electrons. The lowest BCUT2D eigenvalue weighted by Gasteiger charge is -2.38. The highest BCUT2D eigenvalue weighted by Gasteiger charge is 2.43. The van der Waals surface area contributed by atoms with Crippen LogP contribution in [0.2, 0.25) is 5.02 Å². The first-order chi connectivity index (χ1) is 15.6. The van der Waals surface area contributed by atoms with Crippen LogP contribution < -0.4 is 0 Å². The monoisotopic (exact) mass is 448 g/mol. The van der Waals surface area contributed by atoms with E-state index in [9.17, 15) is 4.79 Å². The molecule has 6 nitrogen and oxygen atoms in total. The maximum absolute atomic E-state index is 13.1. The Kier molecular flexibility index (Phi) is 5.89. The zero-order valence-electron chi connectivity index (χ0n) is 17.8. The van der Waals surface area contributed by atoms with E-state index in [4.69, 9.17) is 16.3 Å². The molecule has 4 heterocycles. The standard InChI is InChI=1S/C25H25ClN4O2/c26-20-4-1-3-18(11-20)12-21-13-25(16-32-21)7-9-30(10-8-25)24(31)23-6-2-5-22(29-23)19-14-27-17-28-15-19/h1-6,11,14-15,17,21H,7-10,12-13,16H2/t21-/m1/s1. The van der Waals surface area contributed by atoms with Gasteiger partial charge in [0.1, 0.15) is 12.0 Å². The van der Waals surface area contributed by atoms with Gasteiger partial charge in [-0.15, -0.1) is 0 Å². The van der Waals surface area contributed by atoms with Gasteiger partial charge in [0, 0.05) is 36.1 Å². The highest BCUT2D eigenvalue weighted by Crippen LogP contribution is 2.43. The van der Waals surface area contributed by atoms with E-state index in [-0.39, 0.29) is 17.4 Å². The first-order valence-corrected chi connectivity index (χ1v) is 11.4. The van der Waals surface area contributed by atoms with E-state index in [1.807, 2.05) is 35.2 Å². The van der Waals surface area contributed by atoms with Crippen molar-refractivity contribution in [3.8, 4) is 11.3 Å². The molecule has 1 amide bonds. The van der Waals surface area contributed by atoms with Gasteiger partial charge in [-0.25, -0.2) is 15.0 Å². The number of hydrogen-bond donors (Lipinski definition) is 0. The second kappa shape index (κ2) is 8.96. The minimum absolute atomic E-state index is 0.0204. The Bertz CT molecular complexity index is 1100. The second-order valence-corrected chi connectivity index (χ2v) is 9.24. The zero-order chi connectivity index (χ0) is 22.0. The van der Waals surface area contributed by atoms with Crippen molar-refractivity contribution in [2.45, 2.75) is 31.8 Å². The highest BCUT2D eigenvalue weighted by molar-refractivity contribution is 6.30. The van der Waals surface area contributed by atoms with Crippen LogP contribution in [0.15, 0.2) is 61.2 Å². The molecular formula is C25H25ClN4O2. The highest BCUT2D eigenvalue weighted by atomic mass is 35.5. The number of pyridine rings is 1. The van der Waals surface area contributed by atoms with Crippen molar-refractivity contribution >= 4 is 17.5 Å². The quantitative estimate of drug-likeness (QED) is 0.590. The first-order valence-electron chi connectivity index (χ1n) is 11.0. The van der Waals surface area contributed by atoms with Gasteiger partial charge in [-0.1, -0.05) is 29.8 Å². The van der Waals surface area contributed by atoms with Crippen molar-refractivity contribution in [3.05, 3.63) is 77.5 Å². The number of piperidine rings is 1. The number of rotatable bonds is 4. The average molecular weight is 449 g/mol. The minimum atomic E-state index is -0.0204. The maximum atomic E-state index is 13.1. The molecule has 1 aromatic carbocycles. The zero-order valence-corrected chi connectivity index (χ0v) is 18.5. The van der Waals surface area contributed by atoms with Crippen LogP contribution in [0.25, 0.3) is 11.3 Å². The number of hydrogen-bond acceptors (Lipinski definition) is 5. The van der Waals surface area contributed by atoms with E-state index in [1.54, 1.807) is 18.5 Å². The van der Waals surface area contributed by atoms with Crippen molar-refractivity contribution in [2.75, 3.05) is 19.7 Å². The van der Waals surface area contributed by atoms with Crippen molar-refractivity contribution in [1.82, 2.24) is 19.9 Å². The summed E-state index contributed by atoms with van der Waals surface area (Å²) in [5, 5.41) is 0.763. The summed E-state index contributed by atoms with van der Waals surface area (Å²) in [5.41, 5.74) is 3.34. The Morgan fingerprint density at radius 2 is 1.91 bits per heavy atom. The predicted octanol–water partition coefficient (Wildman–Crippen LogP) is 4.45. The summed E-state index contributed by atoms with van der Waals surface area (Å²) in [6.07, 6.45) is 8.92. The number of benzene rings is 1. The number of amides is 1. The van der Waals surface area contributed by atoms with Crippen LogP contribution in [0.1, 0.15) is 35.3 Å². The summed E-state index contributed by atoms with van der Waals surface area (Å²) >= 11 is 6.12. The lowest BCUT2D eigenvalue weighted by molar-refractivity contribution is 0.0492. The number of carbonyl (C=O) groups excluding carboxylic acids is 1. The first kappa shape index (κ1) is 21.0. The molecule has 0 aliphatic carbocycles. The van der Waals surface area contributed by atoms with Crippen molar-refractivity contribution in [1.29, 1.82) is 0 Å². The van der Waals surface area contributed by atoms with Gasteiger partial charge in [-0.05, 0) is 60.9 Å². The smallest absolute Gasteiger partial charge is 0.272 e. The number of ether oxygens (including phenoxy) is 1. The summed E-state index contributed by atoms with van der Waals surface area (Å²) in [7, 11) is 0. The number of nitrogens with zero attached hydrogens (tertiary/aromatic N) is 4. The number of halogens is 1. The number of aromatic nitrogens is 3. The predicted molar refractivity (Wildman–Crippen MR) is 122 cm³/mol. The molecular weight excluding hydrogens is 424 g/mol. The van der Waals surface area contributed by atoms with Crippen molar-refractivity contribution in [2.24, 2.45) is 5.41 Å². The summed E-state index contributed by atoms with van der Waals surface area (Å²) in [5.74, 6) is -0.0204. The molecule has 0 saturated carbocycles. The molecule has 2 saturated heterocycles. The molecule has 1 spiro atoms. The van der Waals surface area contributed by atoms with E-state index in [0.29, 0.717) is 11.4 Å². The van der Waals surface area contributed by atoms with Gasteiger partial charge in [-0.3, -0.25) is 4.79 Å². The SMILES string of the molecule is O=C(c1cccc(-c2cncnc2)n1)N1CCC2(CC1)CO[C@H](Cc1cccc(Cl)c1)C2.